The highest BCUT2D eigenvalue weighted by molar-refractivity contribution is 5.69. The molecule has 0 saturated heterocycles. The van der Waals surface area contributed by atoms with Gasteiger partial charge in [0, 0.05) is 12.0 Å². The van der Waals surface area contributed by atoms with Gasteiger partial charge in [-0.3, -0.25) is 4.79 Å². The summed E-state index contributed by atoms with van der Waals surface area (Å²) in [5, 5.41) is 0. The van der Waals surface area contributed by atoms with Crippen LogP contribution in [-0.4, -0.2) is 20.2 Å². The predicted molar refractivity (Wildman–Crippen MR) is 84.1 cm³/mol. The summed E-state index contributed by atoms with van der Waals surface area (Å²) in [6.07, 6.45) is 0.723. The lowest BCUT2D eigenvalue weighted by Crippen LogP contribution is -2.07. The lowest BCUT2D eigenvalue weighted by molar-refractivity contribution is -0.144. The van der Waals surface area contributed by atoms with Gasteiger partial charge in [0.15, 0.2) is 11.5 Å². The van der Waals surface area contributed by atoms with E-state index in [1.54, 1.807) is 38.5 Å². The van der Waals surface area contributed by atoms with E-state index in [4.69, 9.17) is 14.2 Å². The summed E-state index contributed by atoms with van der Waals surface area (Å²) in [5.41, 5.74) is 1.30. The first-order valence-corrected chi connectivity index (χ1v) is 7.24. The third kappa shape index (κ3) is 4.71. The molecule has 2 aromatic rings. The Morgan fingerprint density at radius 1 is 1.04 bits per heavy atom. The van der Waals surface area contributed by atoms with E-state index in [0.29, 0.717) is 23.5 Å². The molecule has 0 heterocycles. The number of hydrogen-bond acceptors (Lipinski definition) is 4. The highest BCUT2D eigenvalue weighted by atomic mass is 19.1. The van der Waals surface area contributed by atoms with Crippen molar-refractivity contribution in [3.8, 4) is 11.5 Å². The van der Waals surface area contributed by atoms with Crippen LogP contribution < -0.4 is 9.47 Å². The Balaban J connectivity index is 1.86. The zero-order valence-corrected chi connectivity index (χ0v) is 13.2. The Labute approximate surface area is 134 Å². The number of benzene rings is 2. The van der Waals surface area contributed by atoms with Crippen LogP contribution in [0.2, 0.25) is 0 Å². The lowest BCUT2D eigenvalue weighted by atomic mass is 10.1. The molecule has 0 N–H and O–H groups in total. The summed E-state index contributed by atoms with van der Waals surface area (Å²) in [6.45, 7) is -0.0581. The number of methoxy groups -OCH3 is 2. The molecule has 122 valence electrons. The second-order valence-electron chi connectivity index (χ2n) is 4.94. The molecular formula is C18H19FO4. The average Bonchev–Trinajstić information content (AvgIpc) is 2.58. The summed E-state index contributed by atoms with van der Waals surface area (Å²) >= 11 is 0. The van der Waals surface area contributed by atoms with Gasteiger partial charge in [-0.2, -0.15) is 0 Å². The van der Waals surface area contributed by atoms with E-state index >= 15 is 0 Å². The number of esters is 1. The van der Waals surface area contributed by atoms with Crippen LogP contribution in [0.15, 0.2) is 42.5 Å². The molecule has 0 unspecified atom stereocenters. The fraction of sp³-hybridized carbons (Fsp3) is 0.278. The molecule has 5 heteroatoms. The summed E-state index contributed by atoms with van der Waals surface area (Å²) in [5.74, 6) is 0.506. The molecule has 0 aliphatic rings. The van der Waals surface area contributed by atoms with E-state index in [1.807, 2.05) is 12.1 Å². The fourth-order valence-electron chi connectivity index (χ4n) is 2.13. The molecule has 0 amide bonds. The van der Waals surface area contributed by atoms with Crippen LogP contribution in [0.5, 0.6) is 11.5 Å². The number of aryl methyl sites for hydroxylation is 1. The number of halogens is 1. The molecule has 0 spiro atoms. The van der Waals surface area contributed by atoms with Crippen LogP contribution >= 0.6 is 0 Å². The number of ether oxygens (including phenoxy) is 3. The van der Waals surface area contributed by atoms with Gasteiger partial charge < -0.3 is 14.2 Å². The minimum Gasteiger partial charge on any atom is -0.493 e. The van der Waals surface area contributed by atoms with Crippen molar-refractivity contribution in [1.82, 2.24) is 0 Å². The number of carbonyl (C=O) groups excluding carboxylic acids is 1. The summed E-state index contributed by atoms with van der Waals surface area (Å²) in [7, 11) is 3.13. The standard InChI is InChI=1S/C18H19FO4/c1-21-16-9-7-13(11-17(16)22-2)8-10-18(20)23-12-14-5-3-4-6-15(14)19/h3-7,9,11H,8,10,12H2,1-2H3. The van der Waals surface area contributed by atoms with Crippen LogP contribution in [0, 0.1) is 5.82 Å². The molecule has 0 bridgehead atoms. The molecule has 0 fully saturated rings. The van der Waals surface area contributed by atoms with Gasteiger partial charge in [0.2, 0.25) is 0 Å². The van der Waals surface area contributed by atoms with E-state index in [-0.39, 0.29) is 24.8 Å². The van der Waals surface area contributed by atoms with E-state index in [2.05, 4.69) is 0 Å². The van der Waals surface area contributed by atoms with Gasteiger partial charge in [-0.05, 0) is 30.2 Å². The Kier molecular flexibility index (Phi) is 5.97. The fourth-order valence-corrected chi connectivity index (χ4v) is 2.13. The molecule has 0 aliphatic carbocycles. The van der Waals surface area contributed by atoms with Gasteiger partial charge in [0.05, 0.1) is 14.2 Å². The maximum Gasteiger partial charge on any atom is 0.306 e. The minimum absolute atomic E-state index is 0.0581. The van der Waals surface area contributed by atoms with E-state index in [1.165, 1.54) is 6.07 Å². The Morgan fingerprint density at radius 2 is 1.78 bits per heavy atom. The third-order valence-corrected chi connectivity index (χ3v) is 3.41. The Morgan fingerprint density at radius 3 is 2.48 bits per heavy atom. The van der Waals surface area contributed by atoms with Crippen molar-refractivity contribution >= 4 is 5.97 Å². The smallest absolute Gasteiger partial charge is 0.306 e. The largest absolute Gasteiger partial charge is 0.493 e. The van der Waals surface area contributed by atoms with Crippen molar-refractivity contribution in [1.29, 1.82) is 0 Å². The maximum atomic E-state index is 13.4. The quantitative estimate of drug-likeness (QED) is 0.733. The molecule has 0 aromatic heterocycles. The van der Waals surface area contributed by atoms with Gasteiger partial charge in [-0.1, -0.05) is 24.3 Å². The van der Waals surface area contributed by atoms with Crippen molar-refractivity contribution in [3.63, 3.8) is 0 Å². The molecule has 23 heavy (non-hydrogen) atoms. The normalized spacial score (nSPS) is 10.2. The molecule has 2 rings (SSSR count). The second-order valence-corrected chi connectivity index (χ2v) is 4.94. The third-order valence-electron chi connectivity index (χ3n) is 3.41. The van der Waals surface area contributed by atoms with Gasteiger partial charge in [0.25, 0.3) is 0 Å². The molecule has 0 atom stereocenters. The maximum absolute atomic E-state index is 13.4. The van der Waals surface area contributed by atoms with E-state index in [9.17, 15) is 9.18 Å². The Bertz CT molecular complexity index is 670. The van der Waals surface area contributed by atoms with Crippen LogP contribution in [0.3, 0.4) is 0 Å². The first-order chi connectivity index (χ1) is 11.1. The highest BCUT2D eigenvalue weighted by Crippen LogP contribution is 2.28. The van der Waals surface area contributed by atoms with Gasteiger partial charge in [-0.15, -0.1) is 0 Å². The Hall–Kier alpha value is -2.56. The summed E-state index contributed by atoms with van der Waals surface area (Å²) in [6, 6.07) is 11.7. The molecular weight excluding hydrogens is 299 g/mol. The SMILES string of the molecule is COc1ccc(CCC(=O)OCc2ccccc2F)cc1OC. The minimum atomic E-state index is -0.375. The lowest BCUT2D eigenvalue weighted by Gasteiger charge is -2.09. The molecule has 4 nitrogen and oxygen atoms in total. The summed E-state index contributed by atoms with van der Waals surface area (Å²) in [4.78, 5) is 11.8. The van der Waals surface area contributed by atoms with E-state index < -0.39 is 0 Å². The van der Waals surface area contributed by atoms with Gasteiger partial charge in [-0.25, -0.2) is 4.39 Å². The molecule has 0 radical (unpaired) electrons. The zero-order valence-electron chi connectivity index (χ0n) is 13.2. The average molecular weight is 318 g/mol. The van der Waals surface area contributed by atoms with Gasteiger partial charge in [0.1, 0.15) is 12.4 Å². The molecule has 2 aromatic carbocycles. The molecule has 0 aliphatic heterocycles. The van der Waals surface area contributed by atoms with Crippen LogP contribution in [-0.2, 0) is 22.6 Å². The van der Waals surface area contributed by atoms with Crippen LogP contribution in [0.1, 0.15) is 17.5 Å². The number of rotatable bonds is 7. The first kappa shape index (κ1) is 16.8. The summed E-state index contributed by atoms with van der Waals surface area (Å²) < 4.78 is 28.9. The predicted octanol–water partition coefficient (Wildman–Crippen LogP) is 3.52. The topological polar surface area (TPSA) is 44.8 Å². The molecule has 0 saturated carbocycles. The van der Waals surface area contributed by atoms with Crippen LogP contribution in [0.4, 0.5) is 4.39 Å². The van der Waals surface area contributed by atoms with Crippen molar-refractivity contribution in [2.45, 2.75) is 19.4 Å². The van der Waals surface area contributed by atoms with Crippen molar-refractivity contribution in [2.75, 3.05) is 14.2 Å². The van der Waals surface area contributed by atoms with Crippen LogP contribution in [0.25, 0.3) is 0 Å². The first-order valence-electron chi connectivity index (χ1n) is 7.24. The monoisotopic (exact) mass is 318 g/mol. The number of carbonyl (C=O) groups is 1. The highest BCUT2D eigenvalue weighted by Gasteiger charge is 2.09. The van der Waals surface area contributed by atoms with E-state index in [0.717, 1.165) is 5.56 Å². The van der Waals surface area contributed by atoms with Crippen molar-refractivity contribution in [3.05, 3.63) is 59.4 Å². The zero-order chi connectivity index (χ0) is 16.7. The van der Waals surface area contributed by atoms with Crippen molar-refractivity contribution in [2.24, 2.45) is 0 Å². The number of hydrogen-bond donors (Lipinski definition) is 0. The second kappa shape index (κ2) is 8.17. The van der Waals surface area contributed by atoms with Crippen molar-refractivity contribution < 1.29 is 23.4 Å². The van der Waals surface area contributed by atoms with Gasteiger partial charge >= 0.3 is 5.97 Å².